The van der Waals surface area contributed by atoms with Crippen molar-refractivity contribution in [2.75, 3.05) is 17.2 Å². The van der Waals surface area contributed by atoms with Gasteiger partial charge in [-0.15, -0.1) is 0 Å². The maximum atomic E-state index is 4.68. The van der Waals surface area contributed by atoms with Crippen LogP contribution in [0.4, 0.5) is 17.3 Å². The average Bonchev–Trinajstić information content (AvgIpc) is 3.39. The molecule has 0 bridgehead atoms. The number of aromatic nitrogens is 1. The van der Waals surface area contributed by atoms with Crippen LogP contribution in [-0.4, -0.2) is 11.5 Å². The highest BCUT2D eigenvalue weighted by Crippen LogP contribution is 2.50. The van der Waals surface area contributed by atoms with E-state index in [2.05, 4.69) is 52.9 Å². The van der Waals surface area contributed by atoms with Crippen LogP contribution in [0.5, 0.6) is 0 Å². The minimum absolute atomic E-state index is 0.748. The summed E-state index contributed by atoms with van der Waals surface area (Å²) in [6, 6.07) is 12.9. The number of benzene rings is 1. The van der Waals surface area contributed by atoms with Crippen molar-refractivity contribution in [3.05, 3.63) is 47.5 Å². The fourth-order valence-corrected chi connectivity index (χ4v) is 3.11. The van der Waals surface area contributed by atoms with E-state index in [-0.39, 0.29) is 0 Å². The number of hydrogen-bond acceptors (Lipinski definition) is 3. The number of hydrogen-bond donors (Lipinski definition) is 2. The Balaban J connectivity index is 1.68. The van der Waals surface area contributed by atoms with Crippen LogP contribution in [0, 0.1) is 0 Å². The molecule has 0 spiro atoms. The van der Waals surface area contributed by atoms with E-state index in [1.54, 1.807) is 0 Å². The predicted octanol–water partition coefficient (Wildman–Crippen LogP) is 5.01. The standard InChI is InChI=1S/C19H23N3/c1-2-20-17-7-4-8-18(21-17)22-19-15(13-9-10-13)5-3-6-16(19)14-11-12-14/h3-8,13-14H,2,9-12H2,1H3,(H2,20,21,22). The number of nitrogens with zero attached hydrogens (tertiary/aromatic N) is 1. The zero-order valence-corrected chi connectivity index (χ0v) is 13.1. The molecular formula is C19H23N3. The van der Waals surface area contributed by atoms with Gasteiger partial charge in [-0.25, -0.2) is 4.98 Å². The Hall–Kier alpha value is -2.03. The van der Waals surface area contributed by atoms with E-state index in [1.807, 2.05) is 6.07 Å². The third-order valence-electron chi connectivity index (χ3n) is 4.52. The fourth-order valence-electron chi connectivity index (χ4n) is 3.11. The van der Waals surface area contributed by atoms with Crippen molar-refractivity contribution in [1.82, 2.24) is 4.98 Å². The highest BCUT2D eigenvalue weighted by molar-refractivity contribution is 5.68. The molecule has 0 saturated heterocycles. The Labute approximate surface area is 132 Å². The van der Waals surface area contributed by atoms with Crippen molar-refractivity contribution in [3.63, 3.8) is 0 Å². The van der Waals surface area contributed by atoms with Crippen LogP contribution in [-0.2, 0) is 0 Å². The zero-order valence-electron chi connectivity index (χ0n) is 13.1. The van der Waals surface area contributed by atoms with Gasteiger partial charge in [0.2, 0.25) is 0 Å². The second kappa shape index (κ2) is 5.64. The first-order valence-electron chi connectivity index (χ1n) is 8.46. The Morgan fingerprint density at radius 2 is 1.50 bits per heavy atom. The molecular weight excluding hydrogens is 270 g/mol. The molecule has 0 aliphatic heterocycles. The third-order valence-corrected chi connectivity index (χ3v) is 4.52. The Bertz CT molecular complexity index is 642. The molecule has 1 aromatic carbocycles. The minimum atomic E-state index is 0.748. The summed E-state index contributed by atoms with van der Waals surface area (Å²) in [5.74, 6) is 3.37. The third kappa shape index (κ3) is 2.80. The maximum absolute atomic E-state index is 4.68. The highest BCUT2D eigenvalue weighted by atomic mass is 15.1. The van der Waals surface area contributed by atoms with Crippen LogP contribution >= 0.6 is 0 Å². The predicted molar refractivity (Wildman–Crippen MR) is 92.1 cm³/mol. The van der Waals surface area contributed by atoms with Gasteiger partial charge in [-0.05, 0) is 67.7 Å². The number of nitrogens with one attached hydrogen (secondary N) is 2. The molecule has 0 amide bonds. The number of rotatable bonds is 6. The summed E-state index contributed by atoms with van der Waals surface area (Å²) in [7, 11) is 0. The normalized spacial score (nSPS) is 17.3. The first-order chi connectivity index (χ1) is 10.8. The molecule has 2 aromatic rings. The molecule has 3 nitrogen and oxygen atoms in total. The molecule has 3 heteroatoms. The number of anilines is 3. The average molecular weight is 293 g/mol. The van der Waals surface area contributed by atoms with Crippen molar-refractivity contribution >= 4 is 17.3 Å². The van der Waals surface area contributed by atoms with Gasteiger partial charge < -0.3 is 10.6 Å². The van der Waals surface area contributed by atoms with E-state index >= 15 is 0 Å². The van der Waals surface area contributed by atoms with Gasteiger partial charge in [-0.3, -0.25) is 0 Å². The molecule has 114 valence electrons. The second-order valence-electron chi connectivity index (χ2n) is 6.42. The fraction of sp³-hybridized carbons (Fsp3) is 0.421. The van der Waals surface area contributed by atoms with Crippen LogP contribution in [0.25, 0.3) is 0 Å². The smallest absolute Gasteiger partial charge is 0.132 e. The lowest BCUT2D eigenvalue weighted by molar-refractivity contribution is 1.07. The maximum Gasteiger partial charge on any atom is 0.132 e. The first kappa shape index (κ1) is 13.6. The van der Waals surface area contributed by atoms with E-state index in [0.717, 1.165) is 30.0 Å². The van der Waals surface area contributed by atoms with Crippen LogP contribution in [0.1, 0.15) is 55.6 Å². The van der Waals surface area contributed by atoms with E-state index in [0.29, 0.717) is 0 Å². The quantitative estimate of drug-likeness (QED) is 0.786. The van der Waals surface area contributed by atoms with Gasteiger partial charge in [0, 0.05) is 12.2 Å². The topological polar surface area (TPSA) is 37.0 Å². The summed E-state index contributed by atoms with van der Waals surface area (Å²) in [5, 5.41) is 6.91. The molecule has 2 fully saturated rings. The monoisotopic (exact) mass is 293 g/mol. The molecule has 22 heavy (non-hydrogen) atoms. The molecule has 2 aliphatic rings. The second-order valence-corrected chi connectivity index (χ2v) is 6.42. The highest BCUT2D eigenvalue weighted by Gasteiger charge is 2.31. The molecule has 2 N–H and O–H groups in total. The Morgan fingerprint density at radius 1 is 0.909 bits per heavy atom. The van der Waals surface area contributed by atoms with Gasteiger partial charge in [0.15, 0.2) is 0 Å². The van der Waals surface area contributed by atoms with Gasteiger partial charge in [0.05, 0.1) is 0 Å². The van der Waals surface area contributed by atoms with E-state index < -0.39 is 0 Å². The Kier molecular flexibility index (Phi) is 3.49. The van der Waals surface area contributed by atoms with Crippen molar-refractivity contribution in [2.45, 2.75) is 44.4 Å². The summed E-state index contributed by atoms with van der Waals surface area (Å²) in [6.07, 6.45) is 5.31. The number of para-hydroxylation sites is 1. The van der Waals surface area contributed by atoms with Crippen LogP contribution in [0.15, 0.2) is 36.4 Å². The summed E-state index contributed by atoms with van der Waals surface area (Å²) in [5.41, 5.74) is 4.30. The van der Waals surface area contributed by atoms with Gasteiger partial charge in [-0.1, -0.05) is 24.3 Å². The SMILES string of the molecule is CCNc1cccc(Nc2c(C3CC3)cccc2C2CC2)n1. The molecule has 4 rings (SSSR count). The van der Waals surface area contributed by atoms with E-state index in [4.69, 9.17) is 0 Å². The van der Waals surface area contributed by atoms with Crippen LogP contribution in [0.3, 0.4) is 0 Å². The van der Waals surface area contributed by atoms with E-state index in [9.17, 15) is 0 Å². The van der Waals surface area contributed by atoms with Gasteiger partial charge in [0.25, 0.3) is 0 Å². The molecule has 0 unspecified atom stereocenters. The Morgan fingerprint density at radius 3 is 2.09 bits per heavy atom. The minimum Gasteiger partial charge on any atom is -0.370 e. The number of pyridine rings is 1. The van der Waals surface area contributed by atoms with Crippen molar-refractivity contribution in [2.24, 2.45) is 0 Å². The lowest BCUT2D eigenvalue weighted by atomic mass is 10.00. The molecule has 0 radical (unpaired) electrons. The van der Waals surface area contributed by atoms with Crippen molar-refractivity contribution in [1.29, 1.82) is 0 Å². The van der Waals surface area contributed by atoms with E-state index in [1.165, 1.54) is 42.5 Å². The van der Waals surface area contributed by atoms with Crippen LogP contribution < -0.4 is 10.6 Å². The summed E-state index contributed by atoms with van der Waals surface area (Å²) < 4.78 is 0. The van der Waals surface area contributed by atoms with Gasteiger partial charge in [-0.2, -0.15) is 0 Å². The van der Waals surface area contributed by atoms with Crippen molar-refractivity contribution < 1.29 is 0 Å². The molecule has 1 aromatic heterocycles. The lowest BCUT2D eigenvalue weighted by Gasteiger charge is -2.16. The molecule has 2 saturated carbocycles. The van der Waals surface area contributed by atoms with Gasteiger partial charge in [0.1, 0.15) is 11.6 Å². The summed E-state index contributed by atoms with van der Waals surface area (Å²) in [6.45, 7) is 2.98. The molecule has 0 atom stereocenters. The van der Waals surface area contributed by atoms with Gasteiger partial charge >= 0.3 is 0 Å². The first-order valence-corrected chi connectivity index (χ1v) is 8.46. The summed E-state index contributed by atoms with van der Waals surface area (Å²) >= 11 is 0. The summed E-state index contributed by atoms with van der Waals surface area (Å²) in [4.78, 5) is 4.68. The van der Waals surface area contributed by atoms with Crippen LogP contribution in [0.2, 0.25) is 0 Å². The lowest BCUT2D eigenvalue weighted by Crippen LogP contribution is -2.04. The molecule has 1 heterocycles. The largest absolute Gasteiger partial charge is 0.370 e. The van der Waals surface area contributed by atoms with Crippen molar-refractivity contribution in [3.8, 4) is 0 Å². The zero-order chi connectivity index (χ0) is 14.9. The molecule has 2 aliphatic carbocycles.